The molecule has 9 heteroatoms. The molecule has 0 radical (unpaired) electrons. The number of hydrogen-bond acceptors (Lipinski definition) is 4. The Morgan fingerprint density at radius 1 is 1.20 bits per heavy atom. The molecule has 0 aliphatic carbocycles. The van der Waals surface area contributed by atoms with Crippen molar-refractivity contribution >= 4 is 31.1 Å². The molecule has 0 aliphatic rings. The van der Waals surface area contributed by atoms with Gasteiger partial charge in [0.15, 0.2) is 0 Å². The highest BCUT2D eigenvalue weighted by Crippen LogP contribution is 2.38. The third-order valence-electron chi connectivity index (χ3n) is 2.94. The quantitative estimate of drug-likeness (QED) is 0.389. The number of hydrogen-bond donors (Lipinski definition) is 3. The molecule has 0 spiro atoms. The first kappa shape index (κ1) is 21.9. The van der Waals surface area contributed by atoms with E-state index >= 15 is 0 Å². The number of rotatable bonds is 11. The summed E-state index contributed by atoms with van der Waals surface area (Å²) in [5, 5.41) is 8.35. The maximum atomic E-state index is 12.6. The summed E-state index contributed by atoms with van der Waals surface area (Å²) in [6, 6.07) is 7.04. The molecule has 0 bridgehead atoms. The Balaban J connectivity index is 2.57. The number of ether oxygens (including phenoxy) is 1. The van der Waals surface area contributed by atoms with Gasteiger partial charge in [-0.1, -0.05) is 19.1 Å². The van der Waals surface area contributed by atoms with Crippen molar-refractivity contribution in [2.24, 2.45) is 0 Å². The van der Waals surface area contributed by atoms with Crippen molar-refractivity contribution in [3.05, 3.63) is 29.8 Å². The largest absolute Gasteiger partial charge is 0.447 e. The fraction of sp³-hybridized carbons (Fsp3) is 0.562. The molecule has 142 valence electrons. The number of amides is 1. The SMILES string of the molecule is CCCNP(=O)(NCCCl)OCc1ccc(NC(=O)OC(C)C)cc1. The van der Waals surface area contributed by atoms with Crippen LogP contribution in [0.4, 0.5) is 10.5 Å². The number of anilines is 1. The molecular formula is C16H27ClN3O4P. The lowest BCUT2D eigenvalue weighted by molar-refractivity contribution is 0.130. The van der Waals surface area contributed by atoms with E-state index in [4.69, 9.17) is 20.9 Å². The molecule has 3 N–H and O–H groups in total. The Bertz CT molecular complexity index is 557. The fourth-order valence-electron chi connectivity index (χ4n) is 1.81. The van der Waals surface area contributed by atoms with Crippen LogP contribution in [-0.2, 0) is 20.4 Å². The fourth-order valence-corrected chi connectivity index (χ4v) is 3.58. The third kappa shape index (κ3) is 9.23. The molecule has 25 heavy (non-hydrogen) atoms. The van der Waals surface area contributed by atoms with E-state index in [9.17, 15) is 9.36 Å². The molecule has 1 rings (SSSR count). The third-order valence-corrected chi connectivity index (χ3v) is 4.90. The lowest BCUT2D eigenvalue weighted by atomic mass is 10.2. The Morgan fingerprint density at radius 3 is 2.40 bits per heavy atom. The standard InChI is InChI=1S/C16H27ClN3O4P/c1-4-10-18-25(22,19-11-9-17)23-12-14-5-7-15(8-6-14)20-16(21)24-13(2)3/h5-8,13H,4,9-12H2,1-3H3,(H,20,21)(H2,18,19,22). The van der Waals surface area contributed by atoms with E-state index < -0.39 is 13.8 Å². The van der Waals surface area contributed by atoms with Crippen LogP contribution in [0.1, 0.15) is 32.8 Å². The maximum absolute atomic E-state index is 12.6. The van der Waals surface area contributed by atoms with E-state index in [0.29, 0.717) is 24.7 Å². The van der Waals surface area contributed by atoms with Crippen LogP contribution in [0.25, 0.3) is 0 Å². The summed E-state index contributed by atoms with van der Waals surface area (Å²) in [6.45, 7) is 6.67. The normalized spacial score (nSPS) is 13.5. The van der Waals surface area contributed by atoms with Gasteiger partial charge in [-0.15, -0.1) is 11.6 Å². The monoisotopic (exact) mass is 391 g/mol. The van der Waals surface area contributed by atoms with Gasteiger partial charge in [-0.2, -0.15) is 0 Å². The lowest BCUT2D eigenvalue weighted by Crippen LogP contribution is -2.26. The number of benzene rings is 1. The van der Waals surface area contributed by atoms with Gasteiger partial charge in [-0.3, -0.25) is 9.88 Å². The summed E-state index contributed by atoms with van der Waals surface area (Å²) >= 11 is 5.64. The zero-order valence-electron chi connectivity index (χ0n) is 14.9. The number of halogens is 1. The smallest absolute Gasteiger partial charge is 0.411 e. The zero-order chi connectivity index (χ0) is 18.7. The lowest BCUT2D eigenvalue weighted by Gasteiger charge is -2.20. The minimum absolute atomic E-state index is 0.167. The molecule has 0 saturated carbocycles. The number of nitrogens with one attached hydrogen (secondary N) is 3. The van der Waals surface area contributed by atoms with E-state index in [-0.39, 0.29) is 12.7 Å². The summed E-state index contributed by atoms with van der Waals surface area (Å²) in [7, 11) is -3.14. The van der Waals surface area contributed by atoms with Crippen LogP contribution >= 0.6 is 19.3 Å². The van der Waals surface area contributed by atoms with Crippen molar-refractivity contribution in [3.8, 4) is 0 Å². The van der Waals surface area contributed by atoms with E-state index in [1.807, 2.05) is 6.92 Å². The first-order valence-corrected chi connectivity index (χ1v) is 10.4. The van der Waals surface area contributed by atoms with E-state index in [1.165, 1.54) is 0 Å². The van der Waals surface area contributed by atoms with Gasteiger partial charge in [-0.25, -0.2) is 15.0 Å². The number of carbonyl (C=O) groups excluding carboxylic acids is 1. The molecular weight excluding hydrogens is 365 g/mol. The van der Waals surface area contributed by atoms with E-state index in [1.54, 1.807) is 38.1 Å². The van der Waals surface area contributed by atoms with E-state index in [2.05, 4.69) is 15.5 Å². The van der Waals surface area contributed by atoms with Crippen molar-refractivity contribution in [3.63, 3.8) is 0 Å². The van der Waals surface area contributed by atoms with Gasteiger partial charge in [0.2, 0.25) is 0 Å². The molecule has 0 saturated heterocycles. The number of carbonyl (C=O) groups is 1. The van der Waals surface area contributed by atoms with Gasteiger partial charge in [0.05, 0.1) is 12.7 Å². The van der Waals surface area contributed by atoms with Gasteiger partial charge in [0.1, 0.15) is 0 Å². The molecule has 1 aromatic rings. The average Bonchev–Trinajstić information content (AvgIpc) is 2.57. The van der Waals surface area contributed by atoms with Crippen molar-refractivity contribution < 1.29 is 18.6 Å². The molecule has 1 unspecified atom stereocenters. The Morgan fingerprint density at radius 2 is 1.84 bits per heavy atom. The van der Waals surface area contributed by atoms with Crippen LogP contribution in [0.5, 0.6) is 0 Å². The first-order valence-electron chi connectivity index (χ1n) is 8.26. The molecule has 0 aromatic heterocycles. The van der Waals surface area contributed by atoms with Crippen LogP contribution in [0, 0.1) is 0 Å². The highest BCUT2D eigenvalue weighted by molar-refractivity contribution is 7.54. The van der Waals surface area contributed by atoms with Crippen molar-refractivity contribution in [1.29, 1.82) is 0 Å². The van der Waals surface area contributed by atoms with Crippen molar-refractivity contribution in [1.82, 2.24) is 10.2 Å². The molecule has 0 heterocycles. The van der Waals surface area contributed by atoms with Crippen molar-refractivity contribution in [2.75, 3.05) is 24.3 Å². The summed E-state index contributed by atoms with van der Waals surface area (Å²) in [6.07, 6.45) is 0.151. The maximum Gasteiger partial charge on any atom is 0.411 e. The zero-order valence-corrected chi connectivity index (χ0v) is 16.5. The second-order valence-corrected chi connectivity index (χ2v) is 7.98. The van der Waals surface area contributed by atoms with Gasteiger partial charge < -0.3 is 9.26 Å². The first-order chi connectivity index (χ1) is 11.9. The summed E-state index contributed by atoms with van der Waals surface area (Å²) < 4.78 is 23.2. The molecule has 0 aliphatic heterocycles. The number of alkyl halides is 1. The predicted molar refractivity (Wildman–Crippen MR) is 101 cm³/mol. The Labute approximate surface area is 154 Å². The Kier molecular flexibility index (Phi) is 10.1. The highest BCUT2D eigenvalue weighted by Gasteiger charge is 2.21. The second kappa shape index (κ2) is 11.5. The summed E-state index contributed by atoms with van der Waals surface area (Å²) in [5.74, 6) is 0.341. The van der Waals surface area contributed by atoms with Crippen LogP contribution in [0.15, 0.2) is 24.3 Å². The second-order valence-electron chi connectivity index (χ2n) is 5.61. The van der Waals surface area contributed by atoms with Gasteiger partial charge in [-0.05, 0) is 38.0 Å². The predicted octanol–water partition coefficient (Wildman–Crippen LogP) is 4.10. The molecule has 7 nitrogen and oxygen atoms in total. The summed E-state index contributed by atoms with van der Waals surface area (Å²) in [4.78, 5) is 11.5. The molecule has 1 aromatic carbocycles. The van der Waals surface area contributed by atoms with Crippen molar-refractivity contribution in [2.45, 2.75) is 39.9 Å². The van der Waals surface area contributed by atoms with Gasteiger partial charge >= 0.3 is 13.8 Å². The molecule has 1 atom stereocenters. The van der Waals surface area contributed by atoms with E-state index in [0.717, 1.165) is 12.0 Å². The molecule has 1 amide bonds. The van der Waals surface area contributed by atoms with Crippen LogP contribution < -0.4 is 15.5 Å². The topological polar surface area (TPSA) is 88.7 Å². The van der Waals surface area contributed by atoms with Gasteiger partial charge in [0.25, 0.3) is 0 Å². The average molecular weight is 392 g/mol. The Hall–Kier alpha value is -1.11. The molecule has 0 fully saturated rings. The summed E-state index contributed by atoms with van der Waals surface area (Å²) in [5.41, 5.74) is 1.44. The van der Waals surface area contributed by atoms with Gasteiger partial charge in [0, 0.05) is 24.7 Å². The van der Waals surface area contributed by atoms with Crippen LogP contribution in [0.2, 0.25) is 0 Å². The minimum Gasteiger partial charge on any atom is -0.447 e. The minimum atomic E-state index is -3.14. The highest BCUT2D eigenvalue weighted by atomic mass is 35.5. The van der Waals surface area contributed by atoms with Crippen LogP contribution in [0.3, 0.4) is 0 Å². The van der Waals surface area contributed by atoms with Crippen LogP contribution in [-0.4, -0.2) is 31.2 Å².